The van der Waals surface area contributed by atoms with Gasteiger partial charge >= 0.3 is 0 Å². The van der Waals surface area contributed by atoms with E-state index in [0.717, 1.165) is 43.5 Å². The van der Waals surface area contributed by atoms with Crippen LogP contribution >= 0.6 is 23.1 Å². The van der Waals surface area contributed by atoms with E-state index in [4.69, 9.17) is 0 Å². The molecule has 0 amide bonds. The van der Waals surface area contributed by atoms with Gasteiger partial charge in [-0.2, -0.15) is 4.57 Å². The van der Waals surface area contributed by atoms with Gasteiger partial charge in [-0.25, -0.2) is 0 Å². The Morgan fingerprint density at radius 2 is 1.47 bits per heavy atom. The number of aliphatic hydroxyl groups excluding tert-OH is 1. The molecule has 212 valence electrons. The Balaban J connectivity index is 1.18. The molecule has 3 nitrogen and oxygen atoms in total. The predicted molar refractivity (Wildman–Crippen MR) is 181 cm³/mol. The third-order valence-electron chi connectivity index (χ3n) is 7.99. The van der Waals surface area contributed by atoms with E-state index in [1.165, 1.54) is 42.0 Å². The van der Waals surface area contributed by atoms with E-state index in [2.05, 4.69) is 143 Å². The summed E-state index contributed by atoms with van der Waals surface area (Å²) in [6.45, 7) is 1.63. The highest BCUT2D eigenvalue weighted by molar-refractivity contribution is 8.03. The molecular weight excluding hydrogens is 565 g/mol. The van der Waals surface area contributed by atoms with Crippen molar-refractivity contribution in [2.45, 2.75) is 37.2 Å². The Hall–Kier alpha value is -4.32. The number of aliphatic hydroxyl groups is 1. The molecule has 2 aliphatic rings. The standard InChI is InChI=1S/C38H32N2OS2/c41-38-30(22-24-36-39(26-28-12-3-1-4-13-28)32-18-7-9-20-34(32)42-36)16-11-17-31(38)23-25-37-40(27-29-14-5-2-6-15-29)33-19-8-10-21-35(33)43-37/h1-10,12-15,18-25H,11,16-17,26-27H2/p+1/b30-22+,36-24-. The van der Waals surface area contributed by atoms with Crippen molar-refractivity contribution in [1.29, 1.82) is 0 Å². The fourth-order valence-electron chi connectivity index (χ4n) is 5.79. The number of para-hydroxylation sites is 2. The molecule has 0 spiro atoms. The molecular formula is C38H33N2OS2+. The summed E-state index contributed by atoms with van der Waals surface area (Å²) in [7, 11) is 0. The van der Waals surface area contributed by atoms with Gasteiger partial charge in [-0.1, -0.05) is 114 Å². The SMILES string of the molecule is OC1=C(/C=C/c2sc3ccccc3[n+]2Cc2ccccc2)CCC/C1=C\C=C1/Sc2ccccc2N1Cc1ccccc1. The number of hydrogen-bond donors (Lipinski definition) is 1. The fourth-order valence-corrected chi connectivity index (χ4v) is 7.92. The number of thioether (sulfide) groups is 1. The van der Waals surface area contributed by atoms with Crippen LogP contribution in [0.5, 0.6) is 0 Å². The molecule has 2 heterocycles. The summed E-state index contributed by atoms with van der Waals surface area (Å²) in [5, 5.41) is 13.8. The average molecular weight is 598 g/mol. The monoisotopic (exact) mass is 597 g/mol. The minimum absolute atomic E-state index is 0.421. The van der Waals surface area contributed by atoms with Crippen molar-refractivity contribution in [3.8, 4) is 0 Å². The highest BCUT2D eigenvalue weighted by Gasteiger charge is 2.25. The summed E-state index contributed by atoms with van der Waals surface area (Å²) in [6.07, 6.45) is 11.4. The molecule has 1 aliphatic carbocycles. The van der Waals surface area contributed by atoms with Crippen LogP contribution in [0.15, 0.2) is 154 Å². The normalized spacial score (nSPS) is 17.1. The second-order valence-electron chi connectivity index (χ2n) is 10.9. The maximum Gasteiger partial charge on any atom is 0.263 e. The molecule has 0 atom stereocenters. The molecule has 0 fully saturated rings. The molecule has 43 heavy (non-hydrogen) atoms. The Morgan fingerprint density at radius 1 is 0.744 bits per heavy atom. The van der Waals surface area contributed by atoms with E-state index in [0.29, 0.717) is 5.76 Å². The Morgan fingerprint density at radius 3 is 2.30 bits per heavy atom. The number of thiazole rings is 1. The number of anilines is 1. The topological polar surface area (TPSA) is 27.4 Å². The van der Waals surface area contributed by atoms with Gasteiger partial charge in [0.15, 0.2) is 6.54 Å². The first-order valence-corrected chi connectivity index (χ1v) is 16.4. The van der Waals surface area contributed by atoms with Gasteiger partial charge in [0.05, 0.1) is 10.7 Å². The molecule has 1 aliphatic heterocycles. The van der Waals surface area contributed by atoms with Crippen molar-refractivity contribution >= 4 is 45.1 Å². The largest absolute Gasteiger partial charge is 0.507 e. The third kappa shape index (κ3) is 5.96. The van der Waals surface area contributed by atoms with Crippen molar-refractivity contribution in [1.82, 2.24) is 0 Å². The molecule has 1 aromatic heterocycles. The second-order valence-corrected chi connectivity index (χ2v) is 13.0. The zero-order valence-electron chi connectivity index (χ0n) is 23.9. The van der Waals surface area contributed by atoms with Crippen LogP contribution in [0.4, 0.5) is 5.69 Å². The number of allylic oxidation sites excluding steroid dienone is 5. The predicted octanol–water partition coefficient (Wildman–Crippen LogP) is 9.83. The number of nitrogens with zero attached hydrogens (tertiary/aromatic N) is 2. The molecule has 7 rings (SSSR count). The summed E-state index contributed by atoms with van der Waals surface area (Å²) in [5.74, 6) is 0.421. The van der Waals surface area contributed by atoms with Gasteiger partial charge < -0.3 is 10.0 Å². The first-order chi connectivity index (χ1) is 21.2. The van der Waals surface area contributed by atoms with Crippen molar-refractivity contribution < 1.29 is 9.67 Å². The van der Waals surface area contributed by atoms with Crippen LogP contribution in [-0.4, -0.2) is 5.11 Å². The van der Waals surface area contributed by atoms with Crippen LogP contribution in [-0.2, 0) is 13.1 Å². The van der Waals surface area contributed by atoms with E-state index in [-0.39, 0.29) is 0 Å². The Kier molecular flexibility index (Phi) is 8.00. The maximum absolute atomic E-state index is 11.4. The van der Waals surface area contributed by atoms with Gasteiger partial charge in [-0.05, 0) is 66.3 Å². The molecule has 0 radical (unpaired) electrons. The number of benzene rings is 4. The summed E-state index contributed by atoms with van der Waals surface area (Å²) < 4.78 is 3.64. The second kappa shape index (κ2) is 12.5. The molecule has 5 aromatic rings. The van der Waals surface area contributed by atoms with Crippen LogP contribution in [0.3, 0.4) is 0 Å². The lowest BCUT2D eigenvalue weighted by Gasteiger charge is -2.21. The highest BCUT2D eigenvalue weighted by atomic mass is 32.2. The number of fused-ring (bicyclic) bond motifs is 2. The van der Waals surface area contributed by atoms with Crippen molar-refractivity contribution in [3.63, 3.8) is 0 Å². The van der Waals surface area contributed by atoms with Crippen molar-refractivity contribution in [2.75, 3.05) is 4.90 Å². The van der Waals surface area contributed by atoms with Crippen molar-refractivity contribution in [3.05, 3.63) is 165 Å². The van der Waals surface area contributed by atoms with Crippen LogP contribution in [0.25, 0.3) is 16.3 Å². The van der Waals surface area contributed by atoms with Gasteiger partial charge in [0.25, 0.3) is 5.01 Å². The van der Waals surface area contributed by atoms with Gasteiger partial charge in [0, 0.05) is 29.1 Å². The lowest BCUT2D eigenvalue weighted by atomic mass is 9.92. The first kappa shape index (κ1) is 27.5. The van der Waals surface area contributed by atoms with E-state index >= 15 is 0 Å². The van der Waals surface area contributed by atoms with E-state index in [1.54, 1.807) is 23.1 Å². The molecule has 0 saturated heterocycles. The Bertz CT molecular complexity index is 1880. The smallest absolute Gasteiger partial charge is 0.263 e. The van der Waals surface area contributed by atoms with Gasteiger partial charge in [-0.15, -0.1) is 0 Å². The van der Waals surface area contributed by atoms with E-state index in [9.17, 15) is 5.11 Å². The van der Waals surface area contributed by atoms with Crippen LogP contribution in [0, 0.1) is 0 Å². The number of aromatic nitrogens is 1. The van der Waals surface area contributed by atoms with E-state index < -0.39 is 0 Å². The lowest BCUT2D eigenvalue weighted by Crippen LogP contribution is -2.35. The summed E-state index contributed by atoms with van der Waals surface area (Å²) in [6, 6.07) is 38.4. The summed E-state index contributed by atoms with van der Waals surface area (Å²) >= 11 is 3.59. The summed E-state index contributed by atoms with van der Waals surface area (Å²) in [5.41, 5.74) is 7.03. The quantitative estimate of drug-likeness (QED) is 0.189. The van der Waals surface area contributed by atoms with Gasteiger partial charge in [-0.3, -0.25) is 0 Å². The number of hydrogen-bond acceptors (Lipinski definition) is 4. The minimum Gasteiger partial charge on any atom is -0.507 e. The molecule has 0 saturated carbocycles. The molecule has 0 bridgehead atoms. The van der Waals surface area contributed by atoms with Crippen molar-refractivity contribution in [2.24, 2.45) is 0 Å². The van der Waals surface area contributed by atoms with E-state index in [1.807, 2.05) is 0 Å². The van der Waals surface area contributed by atoms with Crippen LogP contribution < -0.4 is 9.47 Å². The van der Waals surface area contributed by atoms with Gasteiger partial charge in [0.1, 0.15) is 10.5 Å². The molecule has 1 N–H and O–H groups in total. The summed E-state index contributed by atoms with van der Waals surface area (Å²) in [4.78, 5) is 3.64. The lowest BCUT2D eigenvalue weighted by molar-refractivity contribution is -0.659. The van der Waals surface area contributed by atoms with Crippen LogP contribution in [0.2, 0.25) is 0 Å². The number of rotatable bonds is 7. The van der Waals surface area contributed by atoms with Crippen LogP contribution in [0.1, 0.15) is 35.4 Å². The maximum atomic E-state index is 11.4. The zero-order chi connectivity index (χ0) is 29.0. The highest BCUT2D eigenvalue weighted by Crippen LogP contribution is 2.46. The molecule has 0 unspecified atom stereocenters. The first-order valence-electron chi connectivity index (χ1n) is 14.8. The zero-order valence-corrected chi connectivity index (χ0v) is 25.5. The van der Waals surface area contributed by atoms with Gasteiger partial charge in [0.2, 0.25) is 5.52 Å². The third-order valence-corrected chi connectivity index (χ3v) is 10.3. The average Bonchev–Trinajstić information content (AvgIpc) is 3.58. The Labute approximate surface area is 261 Å². The molecule has 5 heteroatoms. The molecule has 4 aromatic carbocycles. The fraction of sp³-hybridized carbons (Fsp3) is 0.132. The minimum atomic E-state index is 0.421.